The Labute approximate surface area is 358 Å². The Morgan fingerprint density at radius 3 is 1.56 bits per heavy atom. The standard InChI is InChI=1S/C58H38N2S/c1-2-17-44-39(15-1)16-13-23-45(44)40-31-35-42(36-32-40)59(53-26-9-6-21-49(53)50-24-14-30-57-58(50)51-22-7-12-29-56(51)61-57)43-37-33-41(34-38-43)46-18-3-8-25-52(46)60-54-27-10-4-19-47(54)48-20-5-11-28-55(48)60/h1-38H. The molecule has 0 bridgehead atoms. The number of hydrogen-bond donors (Lipinski definition) is 0. The van der Waals surface area contributed by atoms with Crippen molar-refractivity contribution in [2.45, 2.75) is 0 Å². The minimum atomic E-state index is 1.09. The molecule has 10 aromatic carbocycles. The average molecular weight is 795 g/mol. The zero-order valence-electron chi connectivity index (χ0n) is 33.2. The van der Waals surface area contributed by atoms with Crippen molar-refractivity contribution in [2.75, 3.05) is 4.90 Å². The van der Waals surface area contributed by atoms with E-state index in [0.717, 1.165) is 28.3 Å². The highest BCUT2D eigenvalue weighted by atomic mass is 32.1. The molecule has 0 atom stereocenters. The van der Waals surface area contributed by atoms with Crippen molar-refractivity contribution in [1.29, 1.82) is 0 Å². The highest BCUT2D eigenvalue weighted by molar-refractivity contribution is 7.25. The van der Waals surface area contributed by atoms with Crippen molar-refractivity contribution in [3.8, 4) is 39.1 Å². The largest absolute Gasteiger partial charge is 0.310 e. The molecular formula is C58H38N2S. The number of aromatic nitrogens is 1. The van der Waals surface area contributed by atoms with Crippen molar-refractivity contribution in [3.63, 3.8) is 0 Å². The maximum Gasteiger partial charge on any atom is 0.0541 e. The molecule has 0 amide bonds. The molecule has 0 unspecified atom stereocenters. The molecule has 0 N–H and O–H groups in total. The van der Waals surface area contributed by atoms with Crippen molar-refractivity contribution in [2.24, 2.45) is 0 Å². The molecular weight excluding hydrogens is 757 g/mol. The topological polar surface area (TPSA) is 8.17 Å². The van der Waals surface area contributed by atoms with Crippen molar-refractivity contribution < 1.29 is 0 Å². The van der Waals surface area contributed by atoms with Crippen LogP contribution in [0, 0.1) is 0 Å². The minimum Gasteiger partial charge on any atom is -0.310 e. The van der Waals surface area contributed by atoms with Crippen LogP contribution in [0.4, 0.5) is 17.1 Å². The van der Waals surface area contributed by atoms with Crippen LogP contribution in [0.25, 0.3) is 91.8 Å². The molecule has 2 aromatic heterocycles. The molecule has 0 aliphatic heterocycles. The van der Waals surface area contributed by atoms with Gasteiger partial charge in [-0.2, -0.15) is 0 Å². The van der Waals surface area contributed by atoms with Gasteiger partial charge in [-0.15, -0.1) is 11.3 Å². The summed E-state index contributed by atoms with van der Waals surface area (Å²) in [4.78, 5) is 2.43. The van der Waals surface area contributed by atoms with E-state index in [-0.39, 0.29) is 0 Å². The molecule has 0 fully saturated rings. The summed E-state index contributed by atoms with van der Waals surface area (Å²) in [5, 5.41) is 7.62. The van der Waals surface area contributed by atoms with E-state index in [1.54, 1.807) is 0 Å². The summed E-state index contributed by atoms with van der Waals surface area (Å²) in [7, 11) is 0. The fourth-order valence-electron chi connectivity index (χ4n) is 9.47. The Kier molecular flexibility index (Phi) is 8.39. The second-order valence-corrected chi connectivity index (χ2v) is 16.7. The zero-order valence-corrected chi connectivity index (χ0v) is 34.1. The first-order chi connectivity index (χ1) is 30.3. The van der Waals surface area contributed by atoms with E-state index >= 15 is 0 Å². The Hall–Kier alpha value is -7.72. The van der Waals surface area contributed by atoms with Crippen LogP contribution in [0.15, 0.2) is 231 Å². The van der Waals surface area contributed by atoms with E-state index in [1.165, 1.54) is 80.6 Å². The Balaban J connectivity index is 1.02. The van der Waals surface area contributed by atoms with Crippen LogP contribution in [-0.2, 0) is 0 Å². The summed E-state index contributed by atoms with van der Waals surface area (Å²) in [5.41, 5.74) is 14.1. The molecule has 61 heavy (non-hydrogen) atoms. The first-order valence-electron chi connectivity index (χ1n) is 20.8. The predicted molar refractivity (Wildman–Crippen MR) is 262 cm³/mol. The fourth-order valence-corrected chi connectivity index (χ4v) is 10.6. The highest BCUT2D eigenvalue weighted by Crippen LogP contribution is 2.47. The molecule has 0 aliphatic rings. The average Bonchev–Trinajstić information content (AvgIpc) is 3.88. The Morgan fingerprint density at radius 2 is 0.820 bits per heavy atom. The second-order valence-electron chi connectivity index (χ2n) is 15.6. The molecule has 3 heteroatoms. The third-order valence-corrected chi connectivity index (χ3v) is 13.4. The van der Waals surface area contributed by atoms with Crippen LogP contribution in [0.2, 0.25) is 0 Å². The zero-order chi connectivity index (χ0) is 40.3. The third kappa shape index (κ3) is 5.85. The van der Waals surface area contributed by atoms with Crippen LogP contribution in [-0.4, -0.2) is 4.57 Å². The Bertz CT molecular complexity index is 3530. The molecule has 286 valence electrons. The molecule has 2 heterocycles. The van der Waals surface area contributed by atoms with Gasteiger partial charge in [0.15, 0.2) is 0 Å². The number of rotatable bonds is 7. The fraction of sp³-hybridized carbons (Fsp3) is 0. The number of fused-ring (bicyclic) bond motifs is 7. The summed E-state index contributed by atoms with van der Waals surface area (Å²) in [6.07, 6.45) is 0. The number of benzene rings is 10. The maximum absolute atomic E-state index is 2.43. The number of thiophene rings is 1. The summed E-state index contributed by atoms with van der Waals surface area (Å²) < 4.78 is 5.02. The number of anilines is 3. The number of nitrogens with zero attached hydrogens (tertiary/aromatic N) is 2. The Morgan fingerprint density at radius 1 is 0.328 bits per heavy atom. The van der Waals surface area contributed by atoms with Crippen LogP contribution in [0.3, 0.4) is 0 Å². The number of hydrogen-bond acceptors (Lipinski definition) is 2. The summed E-state index contributed by atoms with van der Waals surface area (Å²) in [6, 6.07) is 84.1. The third-order valence-electron chi connectivity index (χ3n) is 12.2. The van der Waals surface area contributed by atoms with E-state index in [4.69, 9.17) is 0 Å². The highest BCUT2D eigenvalue weighted by Gasteiger charge is 2.21. The SMILES string of the molecule is c1ccc(N(c2ccc(-c3ccccc3-n3c4ccccc4c4ccccc43)cc2)c2ccc(-c3cccc4ccccc34)cc2)c(-c2cccc3sc4ccccc4c23)c1. The van der Waals surface area contributed by atoms with Gasteiger partial charge in [-0.25, -0.2) is 0 Å². The normalized spacial score (nSPS) is 11.6. The van der Waals surface area contributed by atoms with Gasteiger partial charge in [-0.3, -0.25) is 0 Å². The smallest absolute Gasteiger partial charge is 0.0541 e. The van der Waals surface area contributed by atoms with Crippen LogP contribution < -0.4 is 4.90 Å². The van der Waals surface area contributed by atoms with Gasteiger partial charge in [0.05, 0.1) is 22.4 Å². The molecule has 2 nitrogen and oxygen atoms in total. The van der Waals surface area contributed by atoms with Crippen molar-refractivity contribution in [1.82, 2.24) is 4.57 Å². The van der Waals surface area contributed by atoms with E-state index in [0.29, 0.717) is 0 Å². The maximum atomic E-state index is 2.43. The lowest BCUT2D eigenvalue weighted by atomic mass is 9.96. The first kappa shape index (κ1) is 35.2. The molecule has 12 rings (SSSR count). The lowest BCUT2D eigenvalue weighted by Crippen LogP contribution is -2.11. The van der Waals surface area contributed by atoms with Gasteiger partial charge in [0.25, 0.3) is 0 Å². The first-order valence-corrected chi connectivity index (χ1v) is 21.7. The molecule has 12 aromatic rings. The van der Waals surface area contributed by atoms with Gasteiger partial charge in [-0.05, 0) is 93.7 Å². The van der Waals surface area contributed by atoms with Gasteiger partial charge in [-0.1, -0.05) is 170 Å². The molecule has 0 spiro atoms. The lowest BCUT2D eigenvalue weighted by Gasteiger charge is -2.28. The monoisotopic (exact) mass is 794 g/mol. The quantitative estimate of drug-likeness (QED) is 0.156. The van der Waals surface area contributed by atoms with Gasteiger partial charge < -0.3 is 9.47 Å². The van der Waals surface area contributed by atoms with Crippen LogP contribution >= 0.6 is 11.3 Å². The summed E-state index contributed by atoms with van der Waals surface area (Å²) in [5.74, 6) is 0. The van der Waals surface area contributed by atoms with E-state index < -0.39 is 0 Å². The number of para-hydroxylation sites is 4. The van der Waals surface area contributed by atoms with Gasteiger partial charge in [0.2, 0.25) is 0 Å². The lowest BCUT2D eigenvalue weighted by molar-refractivity contribution is 1.18. The minimum absolute atomic E-state index is 1.09. The van der Waals surface area contributed by atoms with Crippen molar-refractivity contribution >= 4 is 81.1 Å². The molecule has 0 radical (unpaired) electrons. The summed E-state index contributed by atoms with van der Waals surface area (Å²) >= 11 is 1.86. The van der Waals surface area contributed by atoms with Crippen LogP contribution in [0.5, 0.6) is 0 Å². The second kappa shape index (κ2) is 14.5. The van der Waals surface area contributed by atoms with Gasteiger partial charge in [0.1, 0.15) is 0 Å². The molecule has 0 saturated heterocycles. The molecule has 0 aliphatic carbocycles. The molecule has 0 saturated carbocycles. The van der Waals surface area contributed by atoms with Crippen molar-refractivity contribution in [3.05, 3.63) is 231 Å². The van der Waals surface area contributed by atoms with Crippen LogP contribution in [0.1, 0.15) is 0 Å². The predicted octanol–water partition coefficient (Wildman–Crippen LogP) is 16.8. The van der Waals surface area contributed by atoms with E-state index in [9.17, 15) is 0 Å². The van der Waals surface area contributed by atoms with Gasteiger partial charge >= 0.3 is 0 Å². The summed E-state index contributed by atoms with van der Waals surface area (Å²) in [6.45, 7) is 0. The van der Waals surface area contributed by atoms with E-state index in [1.807, 2.05) is 11.3 Å². The van der Waals surface area contributed by atoms with Gasteiger partial charge in [0, 0.05) is 53.4 Å². The van der Waals surface area contributed by atoms with E-state index in [2.05, 4.69) is 240 Å².